The van der Waals surface area contributed by atoms with Gasteiger partial charge in [0.15, 0.2) is 5.15 Å². The van der Waals surface area contributed by atoms with Gasteiger partial charge in [0.25, 0.3) is 0 Å². The molecule has 1 amide bonds. The highest BCUT2D eigenvalue weighted by molar-refractivity contribution is 6.31. The van der Waals surface area contributed by atoms with Gasteiger partial charge < -0.3 is 5.32 Å². The van der Waals surface area contributed by atoms with E-state index < -0.39 is 0 Å². The first-order valence-electron chi connectivity index (χ1n) is 6.96. The van der Waals surface area contributed by atoms with Crippen LogP contribution in [0.3, 0.4) is 0 Å². The largest absolute Gasteiger partial charge is 0.348 e. The third-order valence-corrected chi connectivity index (χ3v) is 3.78. The molecule has 0 aliphatic rings. The summed E-state index contributed by atoms with van der Waals surface area (Å²) in [7, 11) is 0. The smallest absolute Gasteiger partial charge is 0.244 e. The molecule has 0 aliphatic carbocycles. The van der Waals surface area contributed by atoms with Gasteiger partial charge in [0.1, 0.15) is 5.65 Å². The minimum Gasteiger partial charge on any atom is -0.348 e. The summed E-state index contributed by atoms with van der Waals surface area (Å²) in [5, 5.41) is 3.80. The van der Waals surface area contributed by atoms with Gasteiger partial charge in [-0.25, -0.2) is 4.98 Å². The topological polar surface area (TPSA) is 46.4 Å². The molecule has 3 rings (SSSR count). The Balaban J connectivity index is 1.69. The molecule has 0 atom stereocenters. The van der Waals surface area contributed by atoms with E-state index in [4.69, 9.17) is 23.2 Å². The fraction of sp³-hybridized carbons (Fsp3) is 0.0588. The molecule has 4 nitrogen and oxygen atoms in total. The second-order valence-corrected chi connectivity index (χ2v) is 5.69. The lowest BCUT2D eigenvalue weighted by Crippen LogP contribution is -2.20. The Morgan fingerprint density at radius 1 is 1.22 bits per heavy atom. The Morgan fingerprint density at radius 3 is 2.91 bits per heavy atom. The van der Waals surface area contributed by atoms with E-state index in [-0.39, 0.29) is 5.91 Å². The third kappa shape index (κ3) is 3.73. The van der Waals surface area contributed by atoms with Crippen LogP contribution >= 0.6 is 23.2 Å². The Kier molecular flexibility index (Phi) is 4.65. The van der Waals surface area contributed by atoms with Crippen LogP contribution in [0.2, 0.25) is 10.2 Å². The van der Waals surface area contributed by atoms with Crippen molar-refractivity contribution in [3.05, 3.63) is 76.2 Å². The molecule has 23 heavy (non-hydrogen) atoms. The highest BCUT2D eigenvalue weighted by Crippen LogP contribution is 2.18. The molecule has 0 saturated heterocycles. The minimum atomic E-state index is -0.216. The molecule has 3 aromatic rings. The van der Waals surface area contributed by atoms with Gasteiger partial charge >= 0.3 is 0 Å². The third-order valence-electron chi connectivity index (χ3n) is 3.27. The second kappa shape index (κ2) is 6.86. The van der Waals surface area contributed by atoms with Crippen molar-refractivity contribution in [3.63, 3.8) is 0 Å². The van der Waals surface area contributed by atoms with Crippen molar-refractivity contribution in [1.29, 1.82) is 0 Å². The van der Waals surface area contributed by atoms with Crippen molar-refractivity contribution in [2.45, 2.75) is 6.54 Å². The number of pyridine rings is 1. The zero-order chi connectivity index (χ0) is 16.2. The lowest BCUT2D eigenvalue weighted by Gasteiger charge is -2.03. The van der Waals surface area contributed by atoms with Crippen molar-refractivity contribution in [3.8, 4) is 0 Å². The van der Waals surface area contributed by atoms with Gasteiger partial charge in [-0.3, -0.25) is 9.20 Å². The first-order chi connectivity index (χ1) is 11.1. The number of hydrogen-bond acceptors (Lipinski definition) is 2. The summed E-state index contributed by atoms with van der Waals surface area (Å²) in [6, 6.07) is 13.0. The van der Waals surface area contributed by atoms with E-state index >= 15 is 0 Å². The monoisotopic (exact) mass is 345 g/mol. The maximum absolute atomic E-state index is 11.9. The van der Waals surface area contributed by atoms with E-state index in [1.165, 1.54) is 6.08 Å². The van der Waals surface area contributed by atoms with Gasteiger partial charge in [-0.15, -0.1) is 0 Å². The number of carbonyl (C=O) groups excluding carboxylic acids is 1. The highest BCUT2D eigenvalue weighted by atomic mass is 35.5. The lowest BCUT2D eigenvalue weighted by atomic mass is 10.2. The van der Waals surface area contributed by atoms with Crippen LogP contribution in [-0.4, -0.2) is 15.3 Å². The predicted molar refractivity (Wildman–Crippen MR) is 92.5 cm³/mol. The Hall–Kier alpha value is -2.30. The molecule has 1 N–H and O–H groups in total. The summed E-state index contributed by atoms with van der Waals surface area (Å²) < 4.78 is 1.82. The Bertz CT molecular complexity index is 886. The predicted octanol–water partition coefficient (Wildman–Crippen LogP) is 3.97. The van der Waals surface area contributed by atoms with Gasteiger partial charge in [-0.05, 0) is 35.9 Å². The number of rotatable bonds is 4. The first-order valence-corrected chi connectivity index (χ1v) is 7.72. The number of imidazole rings is 1. The summed E-state index contributed by atoms with van der Waals surface area (Å²) in [6.45, 7) is 0.407. The molecule has 0 spiro atoms. The number of hydrogen-bond donors (Lipinski definition) is 1. The van der Waals surface area contributed by atoms with Crippen LogP contribution < -0.4 is 5.32 Å². The summed E-state index contributed by atoms with van der Waals surface area (Å²) >= 11 is 12.0. The van der Waals surface area contributed by atoms with Crippen LogP contribution in [0.1, 0.15) is 11.3 Å². The van der Waals surface area contributed by atoms with Gasteiger partial charge in [-0.1, -0.05) is 41.4 Å². The molecule has 6 heteroatoms. The molecule has 0 radical (unpaired) electrons. The standard InChI is InChI=1S/C17H13Cl2N3O/c18-13-5-3-4-12(10-13)11-20-16(23)8-7-14-17(19)21-15-6-1-2-9-22(14)15/h1-10H,11H2,(H,20,23)/b8-7+. The van der Waals surface area contributed by atoms with Crippen LogP contribution in [0.5, 0.6) is 0 Å². The average molecular weight is 346 g/mol. The van der Waals surface area contributed by atoms with E-state index in [1.807, 2.05) is 47.0 Å². The van der Waals surface area contributed by atoms with Crippen LogP contribution in [0.25, 0.3) is 11.7 Å². The first kappa shape index (κ1) is 15.6. The molecule has 1 aromatic carbocycles. The zero-order valence-electron chi connectivity index (χ0n) is 12.0. The number of amides is 1. The molecule has 0 saturated carbocycles. The van der Waals surface area contributed by atoms with Crippen molar-refractivity contribution in [1.82, 2.24) is 14.7 Å². The van der Waals surface area contributed by atoms with Crippen molar-refractivity contribution in [2.75, 3.05) is 0 Å². The van der Waals surface area contributed by atoms with Gasteiger partial charge in [-0.2, -0.15) is 0 Å². The number of benzene rings is 1. The van der Waals surface area contributed by atoms with Crippen LogP contribution in [0.4, 0.5) is 0 Å². The maximum Gasteiger partial charge on any atom is 0.244 e. The number of nitrogens with one attached hydrogen (secondary N) is 1. The minimum absolute atomic E-state index is 0.216. The lowest BCUT2D eigenvalue weighted by molar-refractivity contribution is -0.116. The fourth-order valence-electron chi connectivity index (χ4n) is 2.18. The zero-order valence-corrected chi connectivity index (χ0v) is 13.6. The molecule has 116 valence electrons. The van der Waals surface area contributed by atoms with E-state index in [1.54, 1.807) is 12.1 Å². The Morgan fingerprint density at radius 2 is 2.09 bits per heavy atom. The fourth-order valence-corrected chi connectivity index (χ4v) is 2.64. The van der Waals surface area contributed by atoms with Crippen LogP contribution in [-0.2, 0) is 11.3 Å². The van der Waals surface area contributed by atoms with E-state index in [0.717, 1.165) is 11.2 Å². The molecule has 2 aromatic heterocycles. The van der Waals surface area contributed by atoms with E-state index in [9.17, 15) is 4.79 Å². The van der Waals surface area contributed by atoms with Gasteiger partial charge in [0.05, 0.1) is 5.69 Å². The van der Waals surface area contributed by atoms with Gasteiger partial charge in [0.2, 0.25) is 5.91 Å². The molecule has 2 heterocycles. The van der Waals surface area contributed by atoms with Crippen LogP contribution in [0, 0.1) is 0 Å². The quantitative estimate of drug-likeness (QED) is 0.727. The number of aromatic nitrogens is 2. The average Bonchev–Trinajstić information content (AvgIpc) is 2.86. The summed E-state index contributed by atoms with van der Waals surface area (Å²) in [5.41, 5.74) is 2.34. The summed E-state index contributed by atoms with van der Waals surface area (Å²) in [6.07, 6.45) is 4.93. The number of nitrogens with zero attached hydrogens (tertiary/aromatic N) is 2. The number of carbonyl (C=O) groups is 1. The van der Waals surface area contributed by atoms with E-state index in [2.05, 4.69) is 10.3 Å². The van der Waals surface area contributed by atoms with Crippen molar-refractivity contribution >= 4 is 40.8 Å². The molecular weight excluding hydrogens is 333 g/mol. The highest BCUT2D eigenvalue weighted by Gasteiger charge is 2.07. The number of fused-ring (bicyclic) bond motifs is 1. The molecule has 0 fully saturated rings. The van der Waals surface area contributed by atoms with Crippen molar-refractivity contribution in [2.24, 2.45) is 0 Å². The molecular formula is C17H13Cl2N3O. The van der Waals surface area contributed by atoms with Gasteiger partial charge in [0, 0.05) is 23.8 Å². The van der Waals surface area contributed by atoms with Crippen LogP contribution in [0.15, 0.2) is 54.7 Å². The second-order valence-electron chi connectivity index (χ2n) is 4.90. The summed E-state index contributed by atoms with van der Waals surface area (Å²) in [4.78, 5) is 16.2. The van der Waals surface area contributed by atoms with E-state index in [0.29, 0.717) is 22.4 Å². The normalized spacial score (nSPS) is 11.2. The Labute approximate surface area is 143 Å². The van der Waals surface area contributed by atoms with Crippen molar-refractivity contribution < 1.29 is 4.79 Å². The SMILES string of the molecule is O=C(/C=C/c1c(Cl)nc2ccccn12)NCc1cccc(Cl)c1. The number of halogens is 2. The molecule has 0 unspecified atom stereocenters. The summed E-state index contributed by atoms with van der Waals surface area (Å²) in [5.74, 6) is -0.216. The molecule has 0 bridgehead atoms. The maximum atomic E-state index is 11.9. The molecule has 0 aliphatic heterocycles.